The maximum atomic E-state index is 12.2. The van der Waals surface area contributed by atoms with Gasteiger partial charge in [0, 0.05) is 12.1 Å². The van der Waals surface area contributed by atoms with E-state index in [1.54, 1.807) is 18.2 Å². The Morgan fingerprint density at radius 2 is 2.10 bits per heavy atom. The number of benzene rings is 1. The number of halogens is 2. The highest BCUT2D eigenvalue weighted by Crippen LogP contribution is 2.38. The molecule has 2 rings (SSSR count). The summed E-state index contributed by atoms with van der Waals surface area (Å²) >= 11 is 0. The molecule has 0 heterocycles. The van der Waals surface area contributed by atoms with Gasteiger partial charge >= 0.3 is 6.61 Å². The molecule has 0 aromatic heterocycles. The topological polar surface area (TPSA) is 21.3 Å². The molecule has 1 aromatic rings. The molecule has 1 aliphatic carbocycles. The van der Waals surface area contributed by atoms with E-state index >= 15 is 0 Å². The van der Waals surface area contributed by atoms with E-state index in [0.29, 0.717) is 11.5 Å². The first-order valence-corrected chi connectivity index (χ1v) is 7.19. The van der Waals surface area contributed by atoms with Gasteiger partial charge in [0.05, 0.1) is 0 Å². The Hall–Kier alpha value is -1.16. The van der Waals surface area contributed by atoms with Crippen molar-refractivity contribution >= 4 is 0 Å². The molecule has 0 bridgehead atoms. The van der Waals surface area contributed by atoms with Crippen LogP contribution in [0, 0.1) is 5.41 Å². The first-order chi connectivity index (χ1) is 9.38. The van der Waals surface area contributed by atoms with E-state index in [1.165, 1.54) is 19.3 Å². The van der Waals surface area contributed by atoms with Gasteiger partial charge in [-0.3, -0.25) is 0 Å². The minimum absolute atomic E-state index is 0.124. The summed E-state index contributed by atoms with van der Waals surface area (Å²) in [6.45, 7) is 3.85. The van der Waals surface area contributed by atoms with Gasteiger partial charge in [0.25, 0.3) is 0 Å². The van der Waals surface area contributed by atoms with Gasteiger partial charge in [-0.25, -0.2) is 0 Å². The number of hydrogen-bond donors (Lipinski definition) is 1. The molecule has 0 aliphatic heterocycles. The Morgan fingerprint density at radius 3 is 2.70 bits per heavy atom. The van der Waals surface area contributed by atoms with Crippen LogP contribution in [0.4, 0.5) is 8.78 Å². The zero-order valence-electron chi connectivity index (χ0n) is 12.3. The van der Waals surface area contributed by atoms with Crippen LogP contribution >= 0.6 is 0 Å². The SMILES string of the molecule is CC(NC1CCCC1(C)C)c1cccc(OC(F)F)c1. The van der Waals surface area contributed by atoms with Gasteiger partial charge in [-0.05, 0) is 42.9 Å². The number of alkyl halides is 2. The van der Waals surface area contributed by atoms with E-state index in [0.717, 1.165) is 5.56 Å². The standard InChI is InChI=1S/C16H23F2NO/c1-11(19-14-8-5-9-16(14,2)3)12-6-4-7-13(10-12)20-15(17)18/h4,6-7,10-11,14-15,19H,5,8-9H2,1-3H3. The molecule has 4 heteroatoms. The smallest absolute Gasteiger partial charge is 0.387 e. The summed E-state index contributed by atoms with van der Waals surface area (Å²) in [4.78, 5) is 0. The molecule has 2 nitrogen and oxygen atoms in total. The predicted molar refractivity (Wildman–Crippen MR) is 76.0 cm³/mol. The lowest BCUT2D eigenvalue weighted by molar-refractivity contribution is -0.0499. The molecule has 1 N–H and O–H groups in total. The normalized spacial score (nSPS) is 23.0. The molecule has 2 atom stereocenters. The molecule has 1 aliphatic rings. The molecular weight excluding hydrogens is 260 g/mol. The van der Waals surface area contributed by atoms with E-state index < -0.39 is 6.61 Å². The largest absolute Gasteiger partial charge is 0.435 e. The second-order valence-corrected chi connectivity index (χ2v) is 6.27. The third-order valence-corrected chi connectivity index (χ3v) is 4.29. The van der Waals surface area contributed by atoms with E-state index in [4.69, 9.17) is 0 Å². The summed E-state index contributed by atoms with van der Waals surface area (Å²) in [6.07, 6.45) is 3.64. The van der Waals surface area contributed by atoms with Crippen molar-refractivity contribution < 1.29 is 13.5 Å². The van der Waals surface area contributed by atoms with Crippen molar-refractivity contribution in [1.29, 1.82) is 0 Å². The van der Waals surface area contributed by atoms with Gasteiger partial charge in [0.1, 0.15) is 5.75 Å². The molecule has 1 fully saturated rings. The van der Waals surface area contributed by atoms with Crippen LogP contribution < -0.4 is 10.1 Å². The summed E-state index contributed by atoms with van der Waals surface area (Å²) in [5, 5.41) is 3.62. The molecule has 20 heavy (non-hydrogen) atoms. The van der Waals surface area contributed by atoms with Crippen LogP contribution in [0.3, 0.4) is 0 Å². The van der Waals surface area contributed by atoms with Crippen LogP contribution in [0.15, 0.2) is 24.3 Å². The lowest BCUT2D eigenvalue weighted by Crippen LogP contribution is -2.39. The average molecular weight is 283 g/mol. The first-order valence-electron chi connectivity index (χ1n) is 7.19. The van der Waals surface area contributed by atoms with Crippen molar-refractivity contribution in [1.82, 2.24) is 5.32 Å². The quantitative estimate of drug-likeness (QED) is 0.858. The van der Waals surface area contributed by atoms with Gasteiger partial charge in [0.2, 0.25) is 0 Å². The Labute approximate surface area is 119 Å². The second-order valence-electron chi connectivity index (χ2n) is 6.27. The van der Waals surface area contributed by atoms with Crippen LogP contribution in [0.1, 0.15) is 51.6 Å². The Balaban J connectivity index is 2.03. The molecule has 0 radical (unpaired) electrons. The highest BCUT2D eigenvalue weighted by atomic mass is 19.3. The Morgan fingerprint density at radius 1 is 1.35 bits per heavy atom. The summed E-state index contributed by atoms with van der Waals surface area (Å²) in [6, 6.07) is 7.53. The summed E-state index contributed by atoms with van der Waals surface area (Å²) < 4.78 is 28.9. The van der Waals surface area contributed by atoms with E-state index in [2.05, 4.69) is 30.8 Å². The molecule has 0 amide bonds. The Bertz CT molecular complexity index is 448. The number of rotatable bonds is 5. The maximum Gasteiger partial charge on any atom is 0.387 e. The second kappa shape index (κ2) is 6.08. The van der Waals surface area contributed by atoms with Crippen molar-refractivity contribution in [3.05, 3.63) is 29.8 Å². The fourth-order valence-corrected chi connectivity index (χ4v) is 2.99. The van der Waals surface area contributed by atoms with Crippen LogP contribution in [0.2, 0.25) is 0 Å². The van der Waals surface area contributed by atoms with E-state index in [-0.39, 0.29) is 11.8 Å². The van der Waals surface area contributed by atoms with Gasteiger partial charge < -0.3 is 10.1 Å². The molecule has 1 aromatic carbocycles. The van der Waals surface area contributed by atoms with Crippen molar-refractivity contribution in [3.8, 4) is 5.75 Å². The molecule has 0 saturated heterocycles. The average Bonchev–Trinajstić information content (AvgIpc) is 2.68. The highest BCUT2D eigenvalue weighted by Gasteiger charge is 2.34. The van der Waals surface area contributed by atoms with E-state index in [9.17, 15) is 8.78 Å². The van der Waals surface area contributed by atoms with Crippen LogP contribution in [0.25, 0.3) is 0 Å². The zero-order chi connectivity index (χ0) is 14.8. The summed E-state index contributed by atoms with van der Waals surface area (Å²) in [5.41, 5.74) is 1.27. The summed E-state index contributed by atoms with van der Waals surface area (Å²) in [7, 11) is 0. The number of ether oxygens (including phenoxy) is 1. The fourth-order valence-electron chi connectivity index (χ4n) is 2.99. The molecular formula is C16H23F2NO. The summed E-state index contributed by atoms with van der Waals surface area (Å²) in [5.74, 6) is 0.219. The van der Waals surface area contributed by atoms with Crippen molar-refractivity contribution in [3.63, 3.8) is 0 Å². The van der Waals surface area contributed by atoms with E-state index in [1.807, 2.05) is 6.07 Å². The number of nitrogens with one attached hydrogen (secondary N) is 1. The fraction of sp³-hybridized carbons (Fsp3) is 0.625. The molecule has 112 valence electrons. The van der Waals surface area contributed by atoms with Gasteiger partial charge in [-0.1, -0.05) is 32.4 Å². The predicted octanol–water partition coefficient (Wildman–Crippen LogP) is 4.52. The molecule has 1 saturated carbocycles. The minimum Gasteiger partial charge on any atom is -0.435 e. The third-order valence-electron chi connectivity index (χ3n) is 4.29. The molecule has 2 unspecified atom stereocenters. The Kier molecular flexibility index (Phi) is 4.63. The highest BCUT2D eigenvalue weighted by molar-refractivity contribution is 5.30. The molecule has 0 spiro atoms. The van der Waals surface area contributed by atoms with Gasteiger partial charge in [0.15, 0.2) is 0 Å². The minimum atomic E-state index is -2.78. The zero-order valence-corrected chi connectivity index (χ0v) is 12.3. The van der Waals surface area contributed by atoms with Crippen LogP contribution in [-0.4, -0.2) is 12.7 Å². The lowest BCUT2D eigenvalue weighted by Gasteiger charge is -2.31. The van der Waals surface area contributed by atoms with Gasteiger partial charge in [-0.15, -0.1) is 0 Å². The number of hydrogen-bond acceptors (Lipinski definition) is 2. The van der Waals surface area contributed by atoms with Crippen molar-refractivity contribution in [2.24, 2.45) is 5.41 Å². The van der Waals surface area contributed by atoms with Crippen LogP contribution in [-0.2, 0) is 0 Å². The van der Waals surface area contributed by atoms with Crippen LogP contribution in [0.5, 0.6) is 5.75 Å². The van der Waals surface area contributed by atoms with Crippen molar-refractivity contribution in [2.45, 2.75) is 58.7 Å². The first kappa shape index (κ1) is 15.2. The van der Waals surface area contributed by atoms with Gasteiger partial charge in [-0.2, -0.15) is 8.78 Å². The monoisotopic (exact) mass is 283 g/mol. The van der Waals surface area contributed by atoms with Crippen molar-refractivity contribution in [2.75, 3.05) is 0 Å². The maximum absolute atomic E-state index is 12.2. The lowest BCUT2D eigenvalue weighted by atomic mass is 9.86. The third kappa shape index (κ3) is 3.69.